The van der Waals surface area contributed by atoms with Gasteiger partial charge in [-0.15, -0.1) is 12.4 Å². The SMILES string of the molecule is CCCSCC(=O)NCCN1CCNCC1.Cl. The lowest BCUT2D eigenvalue weighted by atomic mass is 10.3. The van der Waals surface area contributed by atoms with E-state index in [4.69, 9.17) is 0 Å². The van der Waals surface area contributed by atoms with Crippen LogP contribution < -0.4 is 10.6 Å². The van der Waals surface area contributed by atoms with Gasteiger partial charge in [-0.2, -0.15) is 11.8 Å². The van der Waals surface area contributed by atoms with Crippen molar-refractivity contribution in [3.8, 4) is 0 Å². The number of hydrogen-bond acceptors (Lipinski definition) is 4. The highest BCUT2D eigenvalue weighted by molar-refractivity contribution is 7.99. The minimum Gasteiger partial charge on any atom is -0.354 e. The molecule has 0 bridgehead atoms. The van der Waals surface area contributed by atoms with Gasteiger partial charge in [-0.05, 0) is 12.2 Å². The average molecular weight is 282 g/mol. The minimum atomic E-state index is 0. The molecule has 6 heteroatoms. The Morgan fingerprint density at radius 2 is 2.12 bits per heavy atom. The molecule has 0 aliphatic carbocycles. The molecule has 1 aliphatic heterocycles. The van der Waals surface area contributed by atoms with Crippen molar-refractivity contribution in [3.63, 3.8) is 0 Å². The third-order valence-corrected chi connectivity index (χ3v) is 3.70. The van der Waals surface area contributed by atoms with Crippen molar-refractivity contribution in [2.24, 2.45) is 0 Å². The van der Waals surface area contributed by atoms with Crippen LogP contribution >= 0.6 is 24.2 Å². The summed E-state index contributed by atoms with van der Waals surface area (Å²) in [7, 11) is 0. The highest BCUT2D eigenvalue weighted by Gasteiger charge is 2.09. The summed E-state index contributed by atoms with van der Waals surface area (Å²) in [6.45, 7) is 8.23. The van der Waals surface area contributed by atoms with Crippen LogP contribution in [-0.2, 0) is 4.79 Å². The molecule has 0 saturated carbocycles. The van der Waals surface area contributed by atoms with Crippen LogP contribution in [0.4, 0.5) is 0 Å². The number of piperazine rings is 1. The van der Waals surface area contributed by atoms with E-state index in [1.807, 2.05) is 0 Å². The molecule has 0 radical (unpaired) electrons. The maximum absolute atomic E-state index is 11.4. The summed E-state index contributed by atoms with van der Waals surface area (Å²) in [5.41, 5.74) is 0. The number of amides is 1. The van der Waals surface area contributed by atoms with Crippen molar-refractivity contribution in [2.75, 3.05) is 50.8 Å². The molecule has 2 N–H and O–H groups in total. The van der Waals surface area contributed by atoms with Gasteiger partial charge in [-0.3, -0.25) is 9.69 Å². The third-order valence-electron chi connectivity index (χ3n) is 2.54. The van der Waals surface area contributed by atoms with Crippen LogP contribution in [0.25, 0.3) is 0 Å². The van der Waals surface area contributed by atoms with Crippen molar-refractivity contribution in [1.29, 1.82) is 0 Å². The fourth-order valence-corrected chi connectivity index (χ4v) is 2.37. The van der Waals surface area contributed by atoms with E-state index in [-0.39, 0.29) is 18.3 Å². The number of rotatable bonds is 7. The molecule has 0 aromatic rings. The second-order valence-corrected chi connectivity index (χ2v) is 5.10. The summed E-state index contributed by atoms with van der Waals surface area (Å²) in [6.07, 6.45) is 1.14. The highest BCUT2D eigenvalue weighted by Crippen LogP contribution is 2.00. The summed E-state index contributed by atoms with van der Waals surface area (Å²) in [5, 5.41) is 6.28. The second-order valence-electron chi connectivity index (χ2n) is 3.99. The zero-order valence-corrected chi connectivity index (χ0v) is 12.2. The molecule has 1 heterocycles. The molecule has 0 atom stereocenters. The molecule has 0 unspecified atom stereocenters. The fraction of sp³-hybridized carbons (Fsp3) is 0.909. The molecule has 4 nitrogen and oxygen atoms in total. The summed E-state index contributed by atoms with van der Waals surface area (Å²) >= 11 is 1.71. The summed E-state index contributed by atoms with van der Waals surface area (Å²) in [6, 6.07) is 0. The predicted octanol–water partition coefficient (Wildman–Crippen LogP) is 0.573. The van der Waals surface area contributed by atoms with E-state index in [0.29, 0.717) is 5.75 Å². The number of halogens is 1. The normalized spacial score (nSPS) is 16.3. The van der Waals surface area contributed by atoms with E-state index in [1.54, 1.807) is 11.8 Å². The van der Waals surface area contributed by atoms with E-state index in [0.717, 1.165) is 51.4 Å². The van der Waals surface area contributed by atoms with Crippen molar-refractivity contribution in [1.82, 2.24) is 15.5 Å². The highest BCUT2D eigenvalue weighted by atomic mass is 35.5. The van der Waals surface area contributed by atoms with Crippen molar-refractivity contribution in [2.45, 2.75) is 13.3 Å². The van der Waals surface area contributed by atoms with Gasteiger partial charge in [-0.1, -0.05) is 6.92 Å². The minimum absolute atomic E-state index is 0. The molecule has 1 fully saturated rings. The number of carbonyl (C=O) groups excluding carboxylic acids is 1. The van der Waals surface area contributed by atoms with Gasteiger partial charge >= 0.3 is 0 Å². The first-order chi connectivity index (χ1) is 7.83. The van der Waals surface area contributed by atoms with Gasteiger partial charge in [0, 0.05) is 39.3 Å². The van der Waals surface area contributed by atoms with Crippen LogP contribution in [0.15, 0.2) is 0 Å². The maximum Gasteiger partial charge on any atom is 0.230 e. The third kappa shape index (κ3) is 8.71. The smallest absolute Gasteiger partial charge is 0.230 e. The van der Waals surface area contributed by atoms with Gasteiger partial charge in [-0.25, -0.2) is 0 Å². The lowest BCUT2D eigenvalue weighted by Gasteiger charge is -2.27. The van der Waals surface area contributed by atoms with E-state index in [2.05, 4.69) is 22.5 Å². The van der Waals surface area contributed by atoms with Crippen molar-refractivity contribution >= 4 is 30.1 Å². The molecule has 0 aromatic carbocycles. The fourth-order valence-electron chi connectivity index (χ4n) is 1.65. The standard InChI is InChI=1S/C11H23N3OS.ClH/c1-2-9-16-10-11(15)13-5-8-14-6-3-12-4-7-14;/h12H,2-10H2,1H3,(H,13,15);1H. The van der Waals surface area contributed by atoms with E-state index in [9.17, 15) is 4.79 Å². The monoisotopic (exact) mass is 281 g/mol. The Labute approximate surface area is 115 Å². The Morgan fingerprint density at radius 3 is 2.76 bits per heavy atom. The number of nitrogens with zero attached hydrogens (tertiary/aromatic N) is 1. The van der Waals surface area contributed by atoms with Crippen LogP contribution in [0.2, 0.25) is 0 Å². The topological polar surface area (TPSA) is 44.4 Å². The van der Waals surface area contributed by atoms with Gasteiger partial charge in [0.05, 0.1) is 5.75 Å². The van der Waals surface area contributed by atoms with Crippen LogP contribution in [0.1, 0.15) is 13.3 Å². The van der Waals surface area contributed by atoms with Gasteiger partial charge in [0.25, 0.3) is 0 Å². The predicted molar refractivity (Wildman–Crippen MR) is 77.2 cm³/mol. The molecule has 0 aromatic heterocycles. The van der Waals surface area contributed by atoms with E-state index < -0.39 is 0 Å². The molecular formula is C11H24ClN3OS. The molecule has 1 saturated heterocycles. The Hall–Kier alpha value is 0.0300. The summed E-state index contributed by atoms with van der Waals surface area (Å²) in [4.78, 5) is 13.8. The number of carbonyl (C=O) groups is 1. The number of nitrogens with one attached hydrogen (secondary N) is 2. The second kappa shape index (κ2) is 11.1. The van der Waals surface area contributed by atoms with Crippen molar-refractivity contribution in [3.05, 3.63) is 0 Å². The van der Waals surface area contributed by atoms with Crippen LogP contribution in [0.3, 0.4) is 0 Å². The number of hydrogen-bond donors (Lipinski definition) is 2. The van der Waals surface area contributed by atoms with Crippen molar-refractivity contribution < 1.29 is 4.79 Å². The lowest BCUT2D eigenvalue weighted by molar-refractivity contribution is -0.118. The van der Waals surface area contributed by atoms with Crippen LogP contribution in [0.5, 0.6) is 0 Å². The molecule has 102 valence electrons. The summed E-state index contributed by atoms with van der Waals surface area (Å²) in [5.74, 6) is 1.86. The first kappa shape index (κ1) is 17.0. The lowest BCUT2D eigenvalue weighted by Crippen LogP contribution is -2.46. The van der Waals surface area contributed by atoms with Gasteiger partial charge in [0.2, 0.25) is 5.91 Å². The zero-order chi connectivity index (χ0) is 11.6. The Kier molecular flexibility index (Phi) is 11.2. The molecular weight excluding hydrogens is 258 g/mol. The van der Waals surface area contributed by atoms with E-state index >= 15 is 0 Å². The molecule has 0 spiro atoms. The van der Waals surface area contributed by atoms with Gasteiger partial charge in [0.15, 0.2) is 0 Å². The van der Waals surface area contributed by atoms with E-state index in [1.165, 1.54) is 0 Å². The molecule has 1 rings (SSSR count). The Balaban J connectivity index is 0.00000256. The van der Waals surface area contributed by atoms with Crippen LogP contribution in [-0.4, -0.2) is 61.6 Å². The Bertz CT molecular complexity index is 201. The average Bonchev–Trinajstić information content (AvgIpc) is 2.31. The zero-order valence-electron chi connectivity index (χ0n) is 10.5. The van der Waals surface area contributed by atoms with Gasteiger partial charge < -0.3 is 10.6 Å². The molecule has 1 amide bonds. The van der Waals surface area contributed by atoms with Crippen LogP contribution in [0, 0.1) is 0 Å². The van der Waals surface area contributed by atoms with Gasteiger partial charge in [0.1, 0.15) is 0 Å². The molecule has 17 heavy (non-hydrogen) atoms. The first-order valence-electron chi connectivity index (χ1n) is 6.10. The number of thioether (sulfide) groups is 1. The quantitative estimate of drug-likeness (QED) is 0.670. The largest absolute Gasteiger partial charge is 0.354 e. The maximum atomic E-state index is 11.4. The first-order valence-corrected chi connectivity index (χ1v) is 7.26. The summed E-state index contributed by atoms with van der Waals surface area (Å²) < 4.78 is 0. The Morgan fingerprint density at radius 1 is 1.41 bits per heavy atom. The molecule has 1 aliphatic rings.